The molecule has 0 bridgehead atoms. The summed E-state index contributed by atoms with van der Waals surface area (Å²) in [4.78, 5) is 31.0. The topological polar surface area (TPSA) is 138 Å². The van der Waals surface area contributed by atoms with Gasteiger partial charge in [0.15, 0.2) is 5.82 Å². The summed E-state index contributed by atoms with van der Waals surface area (Å²) in [5, 5.41) is 7.79. The minimum absolute atomic E-state index is 0.173. The number of aryl methyl sites for hydroxylation is 1. The van der Waals surface area contributed by atoms with Crippen molar-refractivity contribution in [1.29, 1.82) is 0 Å². The van der Waals surface area contributed by atoms with Crippen molar-refractivity contribution in [2.75, 3.05) is 11.1 Å². The molecule has 1 atom stereocenters. The maximum atomic E-state index is 13.6. The van der Waals surface area contributed by atoms with Crippen molar-refractivity contribution >= 4 is 34.1 Å². The first-order chi connectivity index (χ1) is 16.4. The molecule has 0 saturated heterocycles. The van der Waals surface area contributed by atoms with Gasteiger partial charge in [-0.3, -0.25) is 9.36 Å². The van der Waals surface area contributed by atoms with E-state index < -0.39 is 6.04 Å². The Hall–Kier alpha value is -4.31. The summed E-state index contributed by atoms with van der Waals surface area (Å²) in [5.41, 5.74) is 7.34. The lowest BCUT2D eigenvalue weighted by Gasteiger charge is -2.21. The average molecular weight is 475 g/mol. The van der Waals surface area contributed by atoms with E-state index in [1.54, 1.807) is 25.1 Å². The van der Waals surface area contributed by atoms with Crippen LogP contribution in [0.25, 0.3) is 28.0 Å². The molecule has 0 radical (unpaired) electrons. The van der Waals surface area contributed by atoms with Gasteiger partial charge in [0.05, 0.1) is 27.7 Å². The summed E-state index contributed by atoms with van der Waals surface area (Å²) in [6.45, 7) is 3.56. The normalized spacial score (nSPS) is 12.1. The van der Waals surface area contributed by atoms with Crippen LogP contribution in [0.15, 0.2) is 64.2 Å². The highest BCUT2D eigenvalue weighted by atomic mass is 35.5. The number of anilines is 2. The Morgan fingerprint density at radius 1 is 1.09 bits per heavy atom. The molecule has 10 nitrogen and oxygen atoms in total. The number of hydrogen-bond acceptors (Lipinski definition) is 9. The smallest absolute Gasteiger partial charge is 0.267 e. The fourth-order valence-electron chi connectivity index (χ4n) is 3.71. The van der Waals surface area contributed by atoms with Crippen molar-refractivity contribution in [3.05, 3.63) is 81.9 Å². The number of nitrogens with zero attached hydrogens (tertiary/aromatic N) is 6. The van der Waals surface area contributed by atoms with Crippen LogP contribution in [0.4, 0.5) is 11.6 Å². The third-order valence-electron chi connectivity index (χ3n) is 5.25. The SMILES string of the molecule is Cc1noc(-c2c(N)ncnc2N[C@@H](C)c2nc3cccc(Cl)c3c(=O)n2-c2ccccc2)n1. The highest BCUT2D eigenvalue weighted by Gasteiger charge is 2.23. The van der Waals surface area contributed by atoms with Gasteiger partial charge < -0.3 is 15.6 Å². The van der Waals surface area contributed by atoms with Gasteiger partial charge in [-0.25, -0.2) is 15.0 Å². The van der Waals surface area contributed by atoms with E-state index in [0.717, 1.165) is 0 Å². The molecule has 0 aliphatic heterocycles. The molecule has 3 aromatic heterocycles. The predicted octanol–water partition coefficient (Wildman–Crippen LogP) is 3.94. The summed E-state index contributed by atoms with van der Waals surface area (Å²) < 4.78 is 6.83. The summed E-state index contributed by atoms with van der Waals surface area (Å²) in [6.07, 6.45) is 1.33. The third kappa shape index (κ3) is 3.73. The van der Waals surface area contributed by atoms with E-state index in [1.165, 1.54) is 10.9 Å². The summed E-state index contributed by atoms with van der Waals surface area (Å²) >= 11 is 6.37. The van der Waals surface area contributed by atoms with Gasteiger partial charge in [0.2, 0.25) is 0 Å². The highest BCUT2D eigenvalue weighted by molar-refractivity contribution is 6.35. The van der Waals surface area contributed by atoms with Crippen LogP contribution in [0.5, 0.6) is 0 Å². The lowest BCUT2D eigenvalue weighted by Crippen LogP contribution is -2.27. The molecule has 0 aliphatic rings. The maximum absolute atomic E-state index is 13.6. The van der Waals surface area contributed by atoms with Gasteiger partial charge in [-0.05, 0) is 38.1 Å². The Balaban J connectivity index is 1.68. The van der Waals surface area contributed by atoms with Gasteiger partial charge in [0.25, 0.3) is 11.4 Å². The van der Waals surface area contributed by atoms with Crippen LogP contribution in [0.3, 0.4) is 0 Å². The van der Waals surface area contributed by atoms with E-state index in [-0.39, 0.29) is 17.3 Å². The molecule has 5 aromatic rings. The van der Waals surface area contributed by atoms with Crippen LogP contribution in [-0.2, 0) is 0 Å². The number of para-hydroxylation sites is 1. The summed E-state index contributed by atoms with van der Waals surface area (Å²) in [7, 11) is 0. The van der Waals surface area contributed by atoms with Crippen molar-refractivity contribution in [3.8, 4) is 17.1 Å². The number of nitrogens with two attached hydrogens (primary N) is 1. The van der Waals surface area contributed by atoms with Gasteiger partial charge in [0.1, 0.15) is 29.4 Å². The summed E-state index contributed by atoms with van der Waals surface area (Å²) in [5.74, 6) is 1.62. The average Bonchev–Trinajstić information content (AvgIpc) is 3.25. The first-order valence-corrected chi connectivity index (χ1v) is 10.8. The van der Waals surface area contributed by atoms with E-state index in [0.29, 0.717) is 44.6 Å². The molecule has 3 N–H and O–H groups in total. The van der Waals surface area contributed by atoms with Gasteiger partial charge in [-0.1, -0.05) is 41.0 Å². The molecule has 2 aromatic carbocycles. The third-order valence-corrected chi connectivity index (χ3v) is 5.56. The van der Waals surface area contributed by atoms with Crippen LogP contribution >= 0.6 is 11.6 Å². The highest BCUT2D eigenvalue weighted by Crippen LogP contribution is 2.32. The number of rotatable bonds is 5. The van der Waals surface area contributed by atoms with E-state index in [2.05, 4.69) is 25.4 Å². The molecule has 34 heavy (non-hydrogen) atoms. The van der Waals surface area contributed by atoms with Crippen molar-refractivity contribution < 1.29 is 4.52 Å². The van der Waals surface area contributed by atoms with Crippen molar-refractivity contribution in [2.45, 2.75) is 19.9 Å². The number of fused-ring (bicyclic) bond motifs is 1. The van der Waals surface area contributed by atoms with E-state index >= 15 is 0 Å². The molecule has 0 spiro atoms. The molecule has 170 valence electrons. The molecular weight excluding hydrogens is 456 g/mol. The van der Waals surface area contributed by atoms with Gasteiger partial charge >= 0.3 is 0 Å². The maximum Gasteiger partial charge on any atom is 0.267 e. The number of nitrogens with one attached hydrogen (secondary N) is 1. The standard InChI is InChI=1S/C23H19ClN8O2/c1-12(28-20-18(19(25)26-11-27-20)22-29-13(2)31-34-22)21-30-16-10-6-9-15(24)17(16)23(33)32(21)14-7-4-3-5-8-14/h3-12H,1-2H3,(H3,25,26,27,28)/t12-/m0/s1. The number of benzene rings is 2. The first kappa shape index (κ1) is 21.5. The molecule has 3 heterocycles. The minimum Gasteiger partial charge on any atom is -0.383 e. The number of hydrogen-bond donors (Lipinski definition) is 2. The first-order valence-electron chi connectivity index (χ1n) is 10.4. The largest absolute Gasteiger partial charge is 0.383 e. The predicted molar refractivity (Wildman–Crippen MR) is 129 cm³/mol. The summed E-state index contributed by atoms with van der Waals surface area (Å²) in [6, 6.07) is 13.9. The lowest BCUT2D eigenvalue weighted by molar-refractivity contribution is 0.425. The molecule has 11 heteroatoms. The minimum atomic E-state index is -0.492. The van der Waals surface area contributed by atoms with Crippen LogP contribution < -0.4 is 16.6 Å². The van der Waals surface area contributed by atoms with E-state index in [1.807, 2.05) is 37.3 Å². The second-order valence-corrected chi connectivity index (χ2v) is 7.98. The van der Waals surface area contributed by atoms with E-state index in [4.69, 9.17) is 26.8 Å². The Kier molecular flexibility index (Phi) is 5.42. The molecule has 0 amide bonds. The fraction of sp³-hybridized carbons (Fsp3) is 0.130. The van der Waals surface area contributed by atoms with Gasteiger partial charge in [-0.2, -0.15) is 4.98 Å². The van der Waals surface area contributed by atoms with Crippen LogP contribution in [0, 0.1) is 6.92 Å². The number of halogens is 1. The zero-order chi connectivity index (χ0) is 23.8. The Morgan fingerprint density at radius 3 is 2.62 bits per heavy atom. The number of aromatic nitrogens is 6. The van der Waals surface area contributed by atoms with Gasteiger partial charge in [0, 0.05) is 0 Å². The van der Waals surface area contributed by atoms with Gasteiger partial charge in [-0.15, -0.1) is 0 Å². The molecule has 0 saturated carbocycles. The number of nitrogen functional groups attached to an aromatic ring is 1. The van der Waals surface area contributed by atoms with Crippen LogP contribution in [0.1, 0.15) is 24.6 Å². The van der Waals surface area contributed by atoms with Crippen molar-refractivity contribution in [3.63, 3.8) is 0 Å². The quantitative estimate of drug-likeness (QED) is 0.387. The zero-order valence-corrected chi connectivity index (χ0v) is 19.0. The molecule has 5 rings (SSSR count). The fourth-order valence-corrected chi connectivity index (χ4v) is 3.96. The van der Waals surface area contributed by atoms with Crippen LogP contribution in [-0.4, -0.2) is 29.7 Å². The zero-order valence-electron chi connectivity index (χ0n) is 18.2. The molecule has 0 aliphatic carbocycles. The van der Waals surface area contributed by atoms with E-state index in [9.17, 15) is 4.79 Å². The second kappa shape index (κ2) is 8.56. The Labute approximate surface area is 198 Å². The molecule has 0 fully saturated rings. The Bertz CT molecular complexity index is 1570. The van der Waals surface area contributed by atoms with Crippen molar-refractivity contribution in [2.24, 2.45) is 0 Å². The molecule has 0 unspecified atom stereocenters. The Morgan fingerprint density at radius 2 is 1.88 bits per heavy atom. The molecular formula is C23H19ClN8O2. The monoisotopic (exact) mass is 474 g/mol. The second-order valence-electron chi connectivity index (χ2n) is 7.58. The van der Waals surface area contributed by atoms with Crippen LogP contribution in [0.2, 0.25) is 5.02 Å². The lowest BCUT2D eigenvalue weighted by atomic mass is 10.2. The van der Waals surface area contributed by atoms with Crippen molar-refractivity contribution in [1.82, 2.24) is 29.7 Å².